The Hall–Kier alpha value is -2.74. The Morgan fingerprint density at radius 3 is 2.10 bits per heavy atom. The molecule has 8 heteroatoms. The molecule has 0 fully saturated rings. The van der Waals surface area contributed by atoms with Crippen molar-refractivity contribution in [3.63, 3.8) is 0 Å². The Labute approximate surface area is 179 Å². The van der Waals surface area contributed by atoms with Gasteiger partial charge in [0, 0.05) is 7.05 Å². The number of carbonyl (C=O) groups is 1. The predicted octanol–water partition coefficient (Wildman–Crippen LogP) is 3.37. The third-order valence-electron chi connectivity index (χ3n) is 4.63. The van der Waals surface area contributed by atoms with Gasteiger partial charge in [0.05, 0.1) is 25.1 Å². The van der Waals surface area contributed by atoms with Crippen molar-refractivity contribution in [3.8, 4) is 11.5 Å². The minimum Gasteiger partial charge on any atom is -0.497 e. The third kappa shape index (κ3) is 6.95. The summed E-state index contributed by atoms with van der Waals surface area (Å²) in [4.78, 5) is 12.5. The molecular weight excluding hydrogens is 404 g/mol. The highest BCUT2D eigenvalue weighted by atomic mass is 32.2. The van der Waals surface area contributed by atoms with Crippen LogP contribution in [-0.4, -0.2) is 41.3 Å². The van der Waals surface area contributed by atoms with Gasteiger partial charge >= 0.3 is 0 Å². The lowest BCUT2D eigenvalue weighted by molar-refractivity contribution is -0.124. The fourth-order valence-electron chi connectivity index (χ4n) is 2.91. The first-order valence-corrected chi connectivity index (χ1v) is 11.5. The summed E-state index contributed by atoms with van der Waals surface area (Å²) < 4.78 is 35.1. The van der Waals surface area contributed by atoms with Gasteiger partial charge in [0.25, 0.3) is 5.91 Å². The van der Waals surface area contributed by atoms with Crippen LogP contribution in [0.15, 0.2) is 48.5 Å². The minimum atomic E-state index is -3.33. The van der Waals surface area contributed by atoms with Crippen LogP contribution in [0.5, 0.6) is 11.5 Å². The van der Waals surface area contributed by atoms with E-state index < -0.39 is 10.0 Å². The Kier molecular flexibility index (Phi) is 8.11. The van der Waals surface area contributed by atoms with Gasteiger partial charge in [0.2, 0.25) is 10.0 Å². The lowest BCUT2D eigenvalue weighted by atomic mass is 9.97. The van der Waals surface area contributed by atoms with Crippen LogP contribution in [0.25, 0.3) is 0 Å². The normalized spacial score (nSPS) is 12.3. The number of carbonyl (C=O) groups excluding carboxylic acids is 1. The van der Waals surface area contributed by atoms with Crippen LogP contribution < -0.4 is 19.1 Å². The molecule has 2 aromatic rings. The van der Waals surface area contributed by atoms with Crippen LogP contribution in [0.1, 0.15) is 31.9 Å². The highest BCUT2D eigenvalue weighted by molar-refractivity contribution is 7.92. The SMILES string of the molecule is COc1ccc([C@@H](CC(C)C)NC(=O)COc2ccc(N(C)S(C)(=O)=O)cc2)cc1. The maximum atomic E-state index is 12.5. The van der Waals surface area contributed by atoms with E-state index in [-0.39, 0.29) is 18.6 Å². The molecule has 0 radical (unpaired) electrons. The molecular formula is C22H30N2O5S. The van der Waals surface area contributed by atoms with Crippen molar-refractivity contribution in [2.75, 3.05) is 31.3 Å². The number of ether oxygens (including phenoxy) is 2. The van der Waals surface area contributed by atoms with Crippen LogP contribution in [0, 0.1) is 5.92 Å². The maximum Gasteiger partial charge on any atom is 0.258 e. The van der Waals surface area contributed by atoms with Gasteiger partial charge in [0.15, 0.2) is 6.61 Å². The maximum absolute atomic E-state index is 12.5. The zero-order chi connectivity index (χ0) is 22.3. The molecule has 0 aromatic heterocycles. The molecule has 0 heterocycles. The van der Waals surface area contributed by atoms with E-state index in [0.29, 0.717) is 17.4 Å². The first-order valence-electron chi connectivity index (χ1n) is 9.70. The van der Waals surface area contributed by atoms with Gasteiger partial charge in [-0.3, -0.25) is 9.10 Å². The summed E-state index contributed by atoms with van der Waals surface area (Å²) in [5, 5.41) is 3.03. The van der Waals surface area contributed by atoms with Crippen LogP contribution >= 0.6 is 0 Å². The van der Waals surface area contributed by atoms with Crippen molar-refractivity contribution < 1.29 is 22.7 Å². The molecule has 1 N–H and O–H groups in total. The molecule has 1 amide bonds. The lowest BCUT2D eigenvalue weighted by Gasteiger charge is -2.21. The molecule has 0 saturated heterocycles. The standard InChI is InChI=1S/C22H30N2O5S/c1-16(2)14-21(17-6-10-19(28-4)11-7-17)23-22(25)15-29-20-12-8-18(9-13-20)24(3)30(5,26)27/h6-13,16,21H,14-15H2,1-5H3,(H,23,25)/t21-/m1/s1. The number of sulfonamides is 1. The zero-order valence-electron chi connectivity index (χ0n) is 18.1. The van der Waals surface area contributed by atoms with Crippen molar-refractivity contribution in [3.05, 3.63) is 54.1 Å². The van der Waals surface area contributed by atoms with Gasteiger partial charge in [-0.1, -0.05) is 26.0 Å². The van der Waals surface area contributed by atoms with Crippen LogP contribution in [0.2, 0.25) is 0 Å². The summed E-state index contributed by atoms with van der Waals surface area (Å²) in [5.41, 5.74) is 1.52. The fraction of sp³-hybridized carbons (Fsp3) is 0.409. The lowest BCUT2D eigenvalue weighted by Crippen LogP contribution is -2.33. The Morgan fingerprint density at radius 1 is 1.03 bits per heavy atom. The van der Waals surface area contributed by atoms with Crippen LogP contribution in [-0.2, 0) is 14.8 Å². The molecule has 0 bridgehead atoms. The molecule has 0 aliphatic carbocycles. The van der Waals surface area contributed by atoms with Gasteiger partial charge < -0.3 is 14.8 Å². The summed E-state index contributed by atoms with van der Waals surface area (Å²) in [7, 11) is -0.233. The predicted molar refractivity (Wildman–Crippen MR) is 119 cm³/mol. The van der Waals surface area contributed by atoms with Crippen molar-refractivity contribution in [1.82, 2.24) is 5.32 Å². The van der Waals surface area contributed by atoms with E-state index in [0.717, 1.165) is 24.0 Å². The average Bonchev–Trinajstić information content (AvgIpc) is 2.70. The summed E-state index contributed by atoms with van der Waals surface area (Å²) in [5.74, 6) is 1.42. The molecule has 0 saturated carbocycles. The number of amides is 1. The second-order valence-corrected chi connectivity index (χ2v) is 9.55. The van der Waals surface area contributed by atoms with Gasteiger partial charge in [0.1, 0.15) is 11.5 Å². The van der Waals surface area contributed by atoms with Crippen LogP contribution in [0.4, 0.5) is 5.69 Å². The van der Waals surface area contributed by atoms with Gasteiger partial charge in [-0.15, -0.1) is 0 Å². The zero-order valence-corrected chi connectivity index (χ0v) is 18.9. The van der Waals surface area contributed by atoms with Gasteiger partial charge in [-0.25, -0.2) is 8.42 Å². The van der Waals surface area contributed by atoms with E-state index in [1.165, 1.54) is 11.4 Å². The molecule has 0 unspecified atom stereocenters. The third-order valence-corrected chi connectivity index (χ3v) is 5.83. The van der Waals surface area contributed by atoms with Crippen molar-refractivity contribution in [2.45, 2.75) is 26.3 Å². The van der Waals surface area contributed by atoms with E-state index in [1.807, 2.05) is 24.3 Å². The van der Waals surface area contributed by atoms with Crippen molar-refractivity contribution in [1.29, 1.82) is 0 Å². The number of hydrogen-bond acceptors (Lipinski definition) is 5. The van der Waals surface area contributed by atoms with E-state index in [2.05, 4.69) is 19.2 Å². The molecule has 1 atom stereocenters. The number of methoxy groups -OCH3 is 1. The number of anilines is 1. The molecule has 2 aromatic carbocycles. The monoisotopic (exact) mass is 434 g/mol. The number of nitrogens with one attached hydrogen (secondary N) is 1. The number of hydrogen-bond donors (Lipinski definition) is 1. The summed E-state index contributed by atoms with van der Waals surface area (Å²) in [6, 6.07) is 14.1. The highest BCUT2D eigenvalue weighted by Gasteiger charge is 2.17. The van der Waals surface area contributed by atoms with Crippen molar-refractivity contribution >= 4 is 21.6 Å². The molecule has 0 aliphatic rings. The number of nitrogens with zero attached hydrogens (tertiary/aromatic N) is 1. The Morgan fingerprint density at radius 2 is 1.60 bits per heavy atom. The fourth-order valence-corrected chi connectivity index (χ4v) is 3.42. The second-order valence-electron chi connectivity index (χ2n) is 7.54. The number of rotatable bonds is 10. The van der Waals surface area contributed by atoms with Gasteiger partial charge in [-0.2, -0.15) is 0 Å². The molecule has 164 valence electrons. The first kappa shape index (κ1) is 23.5. The Bertz CT molecular complexity index is 925. The minimum absolute atomic E-state index is 0.127. The van der Waals surface area contributed by atoms with Crippen molar-refractivity contribution in [2.24, 2.45) is 5.92 Å². The first-order chi connectivity index (χ1) is 14.1. The summed E-state index contributed by atoms with van der Waals surface area (Å²) >= 11 is 0. The molecule has 7 nitrogen and oxygen atoms in total. The Balaban J connectivity index is 1.98. The van der Waals surface area contributed by atoms with Gasteiger partial charge in [-0.05, 0) is 54.3 Å². The smallest absolute Gasteiger partial charge is 0.258 e. The van der Waals surface area contributed by atoms with E-state index in [4.69, 9.17) is 9.47 Å². The summed E-state index contributed by atoms with van der Waals surface area (Å²) in [6.45, 7) is 4.08. The quantitative estimate of drug-likeness (QED) is 0.620. The molecule has 0 spiro atoms. The number of benzene rings is 2. The summed E-state index contributed by atoms with van der Waals surface area (Å²) in [6.07, 6.45) is 1.93. The topological polar surface area (TPSA) is 84.9 Å². The van der Waals surface area contributed by atoms with E-state index in [1.54, 1.807) is 31.4 Å². The second kappa shape index (κ2) is 10.3. The average molecular weight is 435 g/mol. The van der Waals surface area contributed by atoms with E-state index in [9.17, 15) is 13.2 Å². The molecule has 30 heavy (non-hydrogen) atoms. The largest absolute Gasteiger partial charge is 0.497 e. The molecule has 2 rings (SSSR count). The molecule has 0 aliphatic heterocycles. The van der Waals surface area contributed by atoms with Crippen LogP contribution in [0.3, 0.4) is 0 Å². The highest BCUT2D eigenvalue weighted by Crippen LogP contribution is 2.24. The van der Waals surface area contributed by atoms with E-state index >= 15 is 0 Å².